The Labute approximate surface area is 245 Å². The van der Waals surface area contributed by atoms with Gasteiger partial charge in [-0.1, -0.05) is 35.7 Å². The van der Waals surface area contributed by atoms with E-state index >= 15 is 0 Å². The molecule has 10 heteroatoms. The van der Waals surface area contributed by atoms with Crippen molar-refractivity contribution in [3.8, 4) is 5.69 Å². The van der Waals surface area contributed by atoms with Crippen molar-refractivity contribution in [3.05, 3.63) is 99.6 Å². The van der Waals surface area contributed by atoms with E-state index in [2.05, 4.69) is 10.4 Å². The highest BCUT2D eigenvalue weighted by molar-refractivity contribution is 6.30. The predicted octanol–water partition coefficient (Wildman–Crippen LogP) is 7.14. The monoisotopic (exact) mass is 597 g/mol. The molecule has 0 radical (unpaired) electrons. The molecular weight excluding hydrogens is 570 g/mol. The normalized spacial score (nSPS) is 25.0. The summed E-state index contributed by atoms with van der Waals surface area (Å²) in [5.41, 5.74) is 4.17. The minimum absolute atomic E-state index is 0.302. The average molecular weight is 598 g/mol. The van der Waals surface area contributed by atoms with Crippen molar-refractivity contribution < 1.29 is 27.2 Å². The number of amides is 1. The van der Waals surface area contributed by atoms with Gasteiger partial charge in [0.1, 0.15) is 5.82 Å². The van der Waals surface area contributed by atoms with Crippen LogP contribution in [-0.2, 0) is 11.2 Å². The Kier molecular flexibility index (Phi) is 7.12. The van der Waals surface area contributed by atoms with Crippen LogP contribution >= 0.6 is 11.6 Å². The molecule has 3 aliphatic rings. The number of fused-ring (bicyclic) bond motifs is 4. The fourth-order valence-corrected chi connectivity index (χ4v) is 7.08. The number of nitrogens with one attached hydrogen (secondary N) is 1. The van der Waals surface area contributed by atoms with E-state index in [9.17, 15) is 27.2 Å². The van der Waals surface area contributed by atoms with E-state index in [-0.39, 0.29) is 12.2 Å². The zero-order valence-corrected chi connectivity index (χ0v) is 23.5. The number of carbonyl (C=O) groups is 2. The molecule has 5 nitrogen and oxygen atoms in total. The molecule has 0 aliphatic heterocycles. The van der Waals surface area contributed by atoms with E-state index in [1.165, 1.54) is 24.3 Å². The first-order valence-electron chi connectivity index (χ1n) is 13.8. The molecule has 1 aromatic heterocycles. The summed E-state index contributed by atoms with van der Waals surface area (Å²) in [7, 11) is 0. The van der Waals surface area contributed by atoms with E-state index in [1.807, 2.05) is 13.0 Å². The molecule has 1 amide bonds. The summed E-state index contributed by atoms with van der Waals surface area (Å²) in [5.74, 6) is -5.32. The summed E-state index contributed by atoms with van der Waals surface area (Å²) in [4.78, 5) is 26.1. The number of aromatic nitrogens is 2. The lowest BCUT2D eigenvalue weighted by molar-refractivity contribution is -0.197. The van der Waals surface area contributed by atoms with Crippen LogP contribution in [0.25, 0.3) is 11.8 Å². The van der Waals surface area contributed by atoms with Gasteiger partial charge in [-0.25, -0.2) is 9.07 Å². The van der Waals surface area contributed by atoms with Crippen LogP contribution < -0.4 is 5.32 Å². The Hall–Kier alpha value is -3.72. The molecule has 1 saturated carbocycles. The van der Waals surface area contributed by atoms with Crippen LogP contribution in [0.5, 0.6) is 0 Å². The zero-order chi connectivity index (χ0) is 29.8. The summed E-state index contributed by atoms with van der Waals surface area (Å²) in [6, 6.07) is 12.1. The molecule has 0 spiro atoms. The van der Waals surface area contributed by atoms with Gasteiger partial charge in [0, 0.05) is 16.0 Å². The van der Waals surface area contributed by atoms with Crippen LogP contribution in [0, 0.1) is 29.0 Å². The summed E-state index contributed by atoms with van der Waals surface area (Å²) in [5, 5.41) is 7.50. The Bertz CT molecular complexity index is 1610. The molecule has 1 unspecified atom stereocenters. The summed E-state index contributed by atoms with van der Waals surface area (Å²) in [6.07, 6.45) is 2.02. The number of ketones is 1. The molecule has 1 N–H and O–H groups in total. The number of hydrogen-bond acceptors (Lipinski definition) is 3. The molecule has 3 aromatic rings. The number of carbonyl (C=O) groups excluding carboxylic acids is 2. The molecule has 42 heavy (non-hydrogen) atoms. The van der Waals surface area contributed by atoms with Crippen LogP contribution in [0.4, 0.5) is 17.6 Å². The lowest BCUT2D eigenvalue weighted by Crippen LogP contribution is -2.51. The highest BCUT2D eigenvalue weighted by Gasteiger charge is 2.56. The molecular formula is C32H28ClF4N3O2. The molecule has 2 aromatic carbocycles. The average Bonchev–Trinajstić information content (AvgIpc) is 3.36. The van der Waals surface area contributed by atoms with Crippen LogP contribution in [0.2, 0.25) is 5.02 Å². The van der Waals surface area contributed by atoms with Gasteiger partial charge in [0.25, 0.3) is 0 Å². The largest absolute Gasteiger partial charge is 0.392 e. The fraction of sp³-hybridized carbons (Fsp3) is 0.344. The fourth-order valence-electron chi connectivity index (χ4n) is 6.96. The van der Waals surface area contributed by atoms with Crippen molar-refractivity contribution in [1.29, 1.82) is 0 Å². The summed E-state index contributed by atoms with van der Waals surface area (Å²) < 4.78 is 58.1. The smallest absolute Gasteiger partial charge is 0.348 e. The number of alkyl halides is 3. The Morgan fingerprint density at radius 3 is 2.52 bits per heavy atom. The maximum absolute atomic E-state index is 14.3. The van der Waals surface area contributed by atoms with Crippen molar-refractivity contribution in [1.82, 2.24) is 15.1 Å². The van der Waals surface area contributed by atoms with Gasteiger partial charge in [0.15, 0.2) is 5.78 Å². The second-order valence-electron chi connectivity index (χ2n) is 11.5. The SMILES string of the molecule is C[C@]12Cc3cnn(-c4ccc(F)cc4)c3C=C1CCC1C2=CC[C@@H](C(F)(F)F)[C@@H]1C(=O)NCC(=O)c1ccc(Cl)cc1. The standard InChI is InChI=1S/C32H28ClF4N3O2/c1-31-15-19-16-39-40(23-9-7-22(34)8-10-23)27(19)14-20(31)4-11-24-25(31)12-13-26(32(35,36)37)29(24)30(42)38-17-28(41)18-2-5-21(33)6-3-18/h2-3,5-10,12,14,16,24,26,29H,4,11,13,15,17H2,1H3,(H,38,42)/t24?,26-,29-,31+/m1/s1. The van der Waals surface area contributed by atoms with E-state index in [0.29, 0.717) is 35.5 Å². The summed E-state index contributed by atoms with van der Waals surface area (Å²) >= 11 is 5.88. The number of halogens is 5. The third-order valence-electron chi connectivity index (χ3n) is 9.05. The van der Waals surface area contributed by atoms with Gasteiger partial charge in [0.05, 0.1) is 36.0 Å². The number of nitrogens with zero attached hydrogens (tertiary/aromatic N) is 2. The lowest BCUT2D eigenvalue weighted by atomic mass is 9.54. The first kappa shape index (κ1) is 28.4. The van der Waals surface area contributed by atoms with E-state index in [1.54, 1.807) is 41.2 Å². The van der Waals surface area contributed by atoms with Gasteiger partial charge in [-0.05, 0) is 91.8 Å². The quantitative estimate of drug-likeness (QED) is 0.193. The molecule has 218 valence electrons. The minimum Gasteiger partial charge on any atom is -0.348 e. The molecule has 4 atom stereocenters. The van der Waals surface area contributed by atoms with Gasteiger partial charge < -0.3 is 5.32 Å². The summed E-state index contributed by atoms with van der Waals surface area (Å²) in [6.45, 7) is 1.63. The van der Waals surface area contributed by atoms with E-state index in [4.69, 9.17) is 11.6 Å². The first-order chi connectivity index (χ1) is 20.0. The topological polar surface area (TPSA) is 64.0 Å². The van der Waals surface area contributed by atoms with E-state index < -0.39 is 47.6 Å². The van der Waals surface area contributed by atoms with Crippen LogP contribution in [0.1, 0.15) is 47.8 Å². The number of hydrogen-bond donors (Lipinski definition) is 1. The predicted molar refractivity (Wildman–Crippen MR) is 151 cm³/mol. The van der Waals surface area contributed by atoms with Crippen molar-refractivity contribution in [2.24, 2.45) is 23.2 Å². The number of benzene rings is 2. The Morgan fingerprint density at radius 2 is 1.83 bits per heavy atom. The Morgan fingerprint density at radius 1 is 1.12 bits per heavy atom. The lowest BCUT2D eigenvalue weighted by Gasteiger charge is -2.50. The maximum Gasteiger partial charge on any atom is 0.392 e. The highest BCUT2D eigenvalue weighted by Crippen LogP contribution is 2.58. The van der Waals surface area contributed by atoms with Crippen molar-refractivity contribution >= 4 is 29.4 Å². The molecule has 3 aliphatic carbocycles. The van der Waals surface area contributed by atoms with Crippen LogP contribution in [0.15, 0.2) is 72.0 Å². The van der Waals surface area contributed by atoms with Crippen molar-refractivity contribution in [2.45, 2.75) is 38.8 Å². The Balaban J connectivity index is 1.28. The molecule has 0 bridgehead atoms. The highest BCUT2D eigenvalue weighted by atomic mass is 35.5. The zero-order valence-electron chi connectivity index (χ0n) is 22.7. The van der Waals surface area contributed by atoms with Crippen molar-refractivity contribution in [3.63, 3.8) is 0 Å². The van der Waals surface area contributed by atoms with Crippen LogP contribution in [-0.4, -0.2) is 34.2 Å². The number of Topliss-reactive ketones (excluding diaryl/α,β-unsaturated/α-hetero) is 1. The maximum atomic E-state index is 14.3. The van der Waals surface area contributed by atoms with E-state index in [0.717, 1.165) is 22.4 Å². The van der Waals surface area contributed by atoms with Gasteiger partial charge in [-0.15, -0.1) is 0 Å². The first-order valence-corrected chi connectivity index (χ1v) is 14.2. The third-order valence-corrected chi connectivity index (χ3v) is 9.31. The van der Waals surface area contributed by atoms with Gasteiger partial charge >= 0.3 is 6.18 Å². The van der Waals surface area contributed by atoms with Crippen molar-refractivity contribution in [2.75, 3.05) is 6.54 Å². The third kappa shape index (κ3) is 4.97. The number of rotatable bonds is 5. The minimum atomic E-state index is -4.57. The second kappa shape index (κ2) is 10.5. The number of allylic oxidation sites excluding steroid dienone is 3. The molecule has 6 rings (SSSR count). The molecule has 0 saturated heterocycles. The molecule has 1 heterocycles. The molecule has 1 fully saturated rings. The van der Waals surface area contributed by atoms with Crippen LogP contribution in [0.3, 0.4) is 0 Å². The van der Waals surface area contributed by atoms with Gasteiger partial charge in [0.2, 0.25) is 5.91 Å². The van der Waals surface area contributed by atoms with Gasteiger partial charge in [-0.3, -0.25) is 9.59 Å². The second-order valence-corrected chi connectivity index (χ2v) is 11.9. The van der Waals surface area contributed by atoms with Gasteiger partial charge in [-0.2, -0.15) is 18.3 Å².